The Morgan fingerprint density at radius 3 is 2.38 bits per heavy atom. The summed E-state index contributed by atoms with van der Waals surface area (Å²) in [5, 5.41) is 0. The van der Waals surface area contributed by atoms with Crippen molar-refractivity contribution in [2.75, 3.05) is 13.7 Å². The molecular weight excluding hydrogens is 448 g/mol. The Balaban J connectivity index is 1.78. The third-order valence-electron chi connectivity index (χ3n) is 6.88. The first-order valence-electron chi connectivity index (χ1n) is 11.4. The van der Waals surface area contributed by atoms with E-state index in [0.29, 0.717) is 6.54 Å². The van der Waals surface area contributed by atoms with E-state index in [0.717, 1.165) is 34.2 Å². The molecule has 0 aliphatic carbocycles. The van der Waals surface area contributed by atoms with Crippen LogP contribution in [0.25, 0.3) is 0 Å². The first-order chi connectivity index (χ1) is 16.3. The molecule has 0 N–H and O–H groups in total. The molecule has 6 nitrogen and oxygen atoms in total. The van der Waals surface area contributed by atoms with E-state index < -0.39 is 34.2 Å². The number of carbonyl (C=O) groups is 1. The van der Waals surface area contributed by atoms with E-state index in [4.69, 9.17) is 4.74 Å². The number of esters is 1. The van der Waals surface area contributed by atoms with Gasteiger partial charge in [-0.25, -0.2) is 8.42 Å². The molecule has 7 heteroatoms. The van der Waals surface area contributed by atoms with E-state index in [1.807, 2.05) is 67.3 Å². The van der Waals surface area contributed by atoms with Crippen LogP contribution in [0.1, 0.15) is 40.0 Å². The van der Waals surface area contributed by atoms with Crippen LogP contribution in [0.5, 0.6) is 0 Å². The van der Waals surface area contributed by atoms with Gasteiger partial charge in [-0.05, 0) is 49.1 Å². The summed E-state index contributed by atoms with van der Waals surface area (Å²) in [5.74, 6) is -0.433. The minimum Gasteiger partial charge on any atom is -0.468 e. The van der Waals surface area contributed by atoms with Crippen molar-refractivity contribution < 1.29 is 17.9 Å². The number of rotatable bonds is 4. The lowest BCUT2D eigenvalue weighted by Gasteiger charge is -2.36. The van der Waals surface area contributed by atoms with Crippen molar-refractivity contribution in [3.8, 4) is 0 Å². The Morgan fingerprint density at radius 2 is 1.68 bits per heavy atom. The second kappa shape index (κ2) is 8.65. The van der Waals surface area contributed by atoms with Gasteiger partial charge in [0.25, 0.3) is 0 Å². The Hall–Kier alpha value is -3.00. The third kappa shape index (κ3) is 3.64. The Bertz CT molecular complexity index is 1340. The van der Waals surface area contributed by atoms with Gasteiger partial charge in [0.2, 0.25) is 10.0 Å². The molecule has 0 spiro atoms. The summed E-state index contributed by atoms with van der Waals surface area (Å²) in [7, 11) is -2.61. The summed E-state index contributed by atoms with van der Waals surface area (Å²) in [6.07, 6.45) is 0.130. The number of fused-ring (bicyclic) bond motifs is 3. The van der Waals surface area contributed by atoms with Crippen molar-refractivity contribution in [3.63, 3.8) is 0 Å². The van der Waals surface area contributed by atoms with Crippen molar-refractivity contribution in [1.82, 2.24) is 9.21 Å². The van der Waals surface area contributed by atoms with Crippen molar-refractivity contribution in [3.05, 3.63) is 101 Å². The van der Waals surface area contributed by atoms with Crippen molar-refractivity contribution in [1.29, 1.82) is 0 Å². The molecule has 0 amide bonds. The molecule has 0 bridgehead atoms. The summed E-state index contributed by atoms with van der Waals surface area (Å²) >= 11 is 0. The Morgan fingerprint density at radius 1 is 0.941 bits per heavy atom. The molecular formula is C27H28N2O4S. The van der Waals surface area contributed by atoms with Crippen LogP contribution >= 0.6 is 0 Å². The van der Waals surface area contributed by atoms with Crippen LogP contribution in [0, 0.1) is 13.8 Å². The molecule has 0 unspecified atom stereocenters. The SMILES string of the molecule is COC(=O)[C@H]1[C@H](c2cccc(C)c2)N(S(=O)(=O)c2ccc(C)cc2)[C@@H]2c3ccccc3CCN21. The fourth-order valence-electron chi connectivity index (χ4n) is 5.29. The van der Waals surface area contributed by atoms with Crippen LogP contribution in [-0.2, 0) is 26.0 Å². The zero-order valence-electron chi connectivity index (χ0n) is 19.5. The summed E-state index contributed by atoms with van der Waals surface area (Å²) in [4.78, 5) is 15.4. The van der Waals surface area contributed by atoms with Gasteiger partial charge < -0.3 is 4.74 Å². The topological polar surface area (TPSA) is 66.9 Å². The lowest BCUT2D eigenvalue weighted by atomic mass is 9.96. The van der Waals surface area contributed by atoms with E-state index >= 15 is 0 Å². The van der Waals surface area contributed by atoms with Gasteiger partial charge in [0.15, 0.2) is 0 Å². The predicted octanol–water partition coefficient (Wildman–Crippen LogP) is 4.15. The Kier molecular flexibility index (Phi) is 5.80. The summed E-state index contributed by atoms with van der Waals surface area (Å²) in [6.45, 7) is 4.45. The number of ether oxygens (including phenoxy) is 1. The lowest BCUT2D eigenvalue weighted by Crippen LogP contribution is -2.43. The average molecular weight is 477 g/mol. The molecule has 3 aromatic rings. The quantitative estimate of drug-likeness (QED) is 0.530. The molecule has 3 aromatic carbocycles. The maximum absolute atomic E-state index is 14.3. The highest BCUT2D eigenvalue weighted by atomic mass is 32.2. The largest absolute Gasteiger partial charge is 0.468 e. The van der Waals surface area contributed by atoms with Gasteiger partial charge in [0, 0.05) is 6.54 Å². The molecule has 1 fully saturated rings. The van der Waals surface area contributed by atoms with Gasteiger partial charge in [-0.1, -0.05) is 71.8 Å². The normalized spacial score (nSPS) is 22.7. The number of hydrogen-bond donors (Lipinski definition) is 0. The van der Waals surface area contributed by atoms with Gasteiger partial charge in [0.1, 0.15) is 12.2 Å². The highest BCUT2D eigenvalue weighted by Gasteiger charge is 2.57. The number of nitrogens with zero attached hydrogens (tertiary/aromatic N) is 2. The fourth-order valence-corrected chi connectivity index (χ4v) is 7.05. The van der Waals surface area contributed by atoms with Crippen molar-refractivity contribution in [2.45, 2.75) is 43.4 Å². The maximum atomic E-state index is 14.3. The first kappa shape index (κ1) is 22.8. The standard InChI is InChI=1S/C27H28N2O4S/c1-18-11-13-22(14-12-18)34(31,32)29-24(21-9-6-7-19(2)17-21)25(27(30)33-3)28-16-15-20-8-4-5-10-23(20)26(28)29/h4-14,17,24-26H,15-16H2,1-3H3/t24-,25+,26+/m0/s1. The Labute approximate surface area is 200 Å². The maximum Gasteiger partial charge on any atom is 0.325 e. The molecule has 0 aromatic heterocycles. The van der Waals surface area contributed by atoms with Crippen LogP contribution in [0.3, 0.4) is 0 Å². The zero-order chi connectivity index (χ0) is 24.0. The molecule has 5 rings (SSSR count). The highest BCUT2D eigenvalue weighted by molar-refractivity contribution is 7.89. The molecule has 0 saturated carbocycles. The summed E-state index contributed by atoms with van der Waals surface area (Å²) < 4.78 is 35.3. The van der Waals surface area contributed by atoms with Gasteiger partial charge in [-0.15, -0.1) is 0 Å². The molecule has 2 aliphatic rings. The fraction of sp³-hybridized carbons (Fsp3) is 0.296. The van der Waals surface area contributed by atoms with Crippen LogP contribution < -0.4 is 0 Å². The van der Waals surface area contributed by atoms with Gasteiger partial charge in [0.05, 0.1) is 18.0 Å². The molecule has 1 saturated heterocycles. The van der Waals surface area contributed by atoms with Gasteiger partial charge in [-0.3, -0.25) is 9.69 Å². The van der Waals surface area contributed by atoms with Crippen molar-refractivity contribution >= 4 is 16.0 Å². The van der Waals surface area contributed by atoms with Crippen LogP contribution in [0.4, 0.5) is 0 Å². The minimum absolute atomic E-state index is 0.212. The first-order valence-corrected chi connectivity index (χ1v) is 12.8. The van der Waals surface area contributed by atoms with E-state index in [2.05, 4.69) is 0 Å². The second-order valence-corrected chi connectivity index (χ2v) is 10.9. The van der Waals surface area contributed by atoms with E-state index in [9.17, 15) is 13.2 Å². The third-order valence-corrected chi connectivity index (χ3v) is 8.73. The van der Waals surface area contributed by atoms with E-state index in [1.54, 1.807) is 24.3 Å². The number of sulfonamides is 1. The number of hydrogen-bond acceptors (Lipinski definition) is 5. The predicted molar refractivity (Wildman–Crippen MR) is 130 cm³/mol. The van der Waals surface area contributed by atoms with E-state index in [-0.39, 0.29) is 4.90 Å². The summed E-state index contributed by atoms with van der Waals surface area (Å²) in [5.41, 5.74) is 4.76. The second-order valence-electron chi connectivity index (χ2n) is 9.04. The van der Waals surface area contributed by atoms with Gasteiger partial charge >= 0.3 is 5.97 Å². The number of methoxy groups -OCH3 is 1. The monoisotopic (exact) mass is 476 g/mol. The molecule has 3 atom stereocenters. The molecule has 2 heterocycles. The number of benzene rings is 3. The average Bonchev–Trinajstić information content (AvgIpc) is 3.20. The molecule has 2 aliphatic heterocycles. The molecule has 0 radical (unpaired) electrons. The number of carbonyl (C=O) groups excluding carboxylic acids is 1. The van der Waals surface area contributed by atoms with Gasteiger partial charge in [-0.2, -0.15) is 4.31 Å². The zero-order valence-corrected chi connectivity index (χ0v) is 20.3. The molecule has 176 valence electrons. The van der Waals surface area contributed by atoms with E-state index in [1.165, 1.54) is 11.4 Å². The van der Waals surface area contributed by atoms with Crippen LogP contribution in [0.2, 0.25) is 0 Å². The van der Waals surface area contributed by atoms with Crippen LogP contribution in [-0.4, -0.2) is 43.3 Å². The summed E-state index contributed by atoms with van der Waals surface area (Å²) in [6, 6.07) is 21.0. The molecule has 34 heavy (non-hydrogen) atoms. The highest BCUT2D eigenvalue weighted by Crippen LogP contribution is 2.51. The van der Waals surface area contributed by atoms with Crippen LogP contribution in [0.15, 0.2) is 77.7 Å². The minimum atomic E-state index is -3.97. The van der Waals surface area contributed by atoms with Crippen molar-refractivity contribution in [2.24, 2.45) is 0 Å². The number of aryl methyl sites for hydroxylation is 2. The lowest BCUT2D eigenvalue weighted by molar-refractivity contribution is -0.147. The smallest absolute Gasteiger partial charge is 0.325 e.